The van der Waals surface area contributed by atoms with E-state index in [1.807, 2.05) is 0 Å². The third kappa shape index (κ3) is 5.06. The fourth-order valence-corrected chi connectivity index (χ4v) is 4.39. The quantitative estimate of drug-likeness (QED) is 0.718. The lowest BCUT2D eigenvalue weighted by molar-refractivity contribution is -0.158. The van der Waals surface area contributed by atoms with Crippen LogP contribution in [0.5, 0.6) is 0 Å². The lowest BCUT2D eigenvalue weighted by Crippen LogP contribution is -2.19. The van der Waals surface area contributed by atoms with Crippen molar-refractivity contribution in [1.82, 2.24) is 0 Å². The molecule has 0 N–H and O–H groups in total. The van der Waals surface area contributed by atoms with Gasteiger partial charge in [-0.3, -0.25) is 0 Å². The molecule has 1 unspecified atom stereocenters. The number of thioether (sulfide) groups is 1. The molecule has 16 heavy (non-hydrogen) atoms. The van der Waals surface area contributed by atoms with Crippen LogP contribution < -0.4 is 0 Å². The van der Waals surface area contributed by atoms with Crippen molar-refractivity contribution in [3.8, 4) is 0 Å². The summed E-state index contributed by atoms with van der Waals surface area (Å²) >= 11 is 0.510. The van der Waals surface area contributed by atoms with E-state index in [2.05, 4.69) is 4.74 Å². The Morgan fingerprint density at radius 1 is 1.44 bits per heavy atom. The maximum atomic E-state index is 11.7. The molecule has 0 amide bonds. The summed E-state index contributed by atoms with van der Waals surface area (Å²) < 4.78 is 60.9. The van der Waals surface area contributed by atoms with Crippen LogP contribution in [0.15, 0.2) is 0 Å². The van der Waals surface area contributed by atoms with Gasteiger partial charge in [0.05, 0.1) is 11.5 Å². The minimum absolute atomic E-state index is 0.0305. The van der Waals surface area contributed by atoms with E-state index in [-0.39, 0.29) is 17.9 Å². The molecule has 1 atom stereocenters. The largest absolute Gasteiger partial charge is 0.448 e. The summed E-state index contributed by atoms with van der Waals surface area (Å²) in [5, 5.41) is -1.58. The van der Waals surface area contributed by atoms with Crippen molar-refractivity contribution in [3.05, 3.63) is 0 Å². The van der Waals surface area contributed by atoms with Gasteiger partial charge in [-0.05, 0) is 18.2 Å². The third-order valence-electron chi connectivity index (χ3n) is 1.81. The van der Waals surface area contributed by atoms with Crippen LogP contribution in [-0.4, -0.2) is 43.3 Å². The molecule has 1 heterocycles. The Bertz CT molecular complexity index is 362. The van der Waals surface area contributed by atoms with Crippen molar-refractivity contribution in [3.63, 3.8) is 0 Å². The smallest absolute Gasteiger partial charge is 0.422 e. The first-order valence-electron chi connectivity index (χ1n) is 4.28. The summed E-state index contributed by atoms with van der Waals surface area (Å²) in [5.41, 5.74) is 0. The molecule has 1 rings (SSSR count). The van der Waals surface area contributed by atoms with Crippen molar-refractivity contribution in [2.45, 2.75) is 17.8 Å². The molecular formula is C7H9F3O4S2. The molecular weight excluding hydrogens is 269 g/mol. The maximum Gasteiger partial charge on any atom is 0.422 e. The number of ether oxygens (including phenoxy) is 1. The van der Waals surface area contributed by atoms with Crippen LogP contribution >= 0.6 is 11.8 Å². The van der Waals surface area contributed by atoms with Gasteiger partial charge in [0.15, 0.2) is 16.4 Å². The molecule has 1 saturated heterocycles. The highest BCUT2D eigenvalue weighted by Gasteiger charge is 2.33. The molecule has 0 aromatic carbocycles. The zero-order chi connectivity index (χ0) is 12.4. The van der Waals surface area contributed by atoms with Crippen LogP contribution in [0.2, 0.25) is 0 Å². The SMILES string of the molecule is O=C(OCC(F)(F)F)SC1CCS(=O)(=O)C1. The normalized spacial score (nSPS) is 24.3. The van der Waals surface area contributed by atoms with E-state index >= 15 is 0 Å². The highest BCUT2D eigenvalue weighted by Crippen LogP contribution is 2.26. The molecule has 1 fully saturated rings. The number of halogens is 3. The summed E-state index contributed by atoms with van der Waals surface area (Å²) in [7, 11) is -3.14. The van der Waals surface area contributed by atoms with Gasteiger partial charge in [0.2, 0.25) is 0 Å². The van der Waals surface area contributed by atoms with Crippen molar-refractivity contribution < 1.29 is 31.1 Å². The summed E-state index contributed by atoms with van der Waals surface area (Å²) in [4.78, 5) is 10.9. The van der Waals surface area contributed by atoms with Gasteiger partial charge < -0.3 is 4.74 Å². The number of carbonyl (C=O) groups excluding carboxylic acids is 1. The second kappa shape index (κ2) is 4.82. The van der Waals surface area contributed by atoms with Crippen LogP contribution in [-0.2, 0) is 14.6 Å². The minimum atomic E-state index is -4.56. The Morgan fingerprint density at radius 2 is 2.06 bits per heavy atom. The van der Waals surface area contributed by atoms with E-state index in [9.17, 15) is 26.4 Å². The van der Waals surface area contributed by atoms with E-state index in [1.54, 1.807) is 0 Å². The first kappa shape index (κ1) is 13.6. The summed E-state index contributed by atoms with van der Waals surface area (Å²) in [6.07, 6.45) is -4.29. The monoisotopic (exact) mass is 278 g/mol. The van der Waals surface area contributed by atoms with E-state index < -0.39 is 33.2 Å². The predicted molar refractivity (Wildman–Crippen MR) is 52.1 cm³/mol. The van der Waals surface area contributed by atoms with Gasteiger partial charge in [0.1, 0.15) is 0 Å². The maximum absolute atomic E-state index is 11.7. The molecule has 4 nitrogen and oxygen atoms in total. The number of carbonyl (C=O) groups is 1. The Morgan fingerprint density at radius 3 is 2.50 bits per heavy atom. The molecule has 94 valence electrons. The topological polar surface area (TPSA) is 60.4 Å². The van der Waals surface area contributed by atoms with Gasteiger partial charge in [-0.15, -0.1) is 0 Å². The van der Waals surface area contributed by atoms with Crippen LogP contribution in [0.25, 0.3) is 0 Å². The second-order valence-corrected chi connectivity index (χ2v) is 6.76. The van der Waals surface area contributed by atoms with Gasteiger partial charge in [-0.1, -0.05) is 0 Å². The molecule has 0 spiro atoms. The molecule has 0 aromatic heterocycles. The molecule has 0 bridgehead atoms. The van der Waals surface area contributed by atoms with Gasteiger partial charge >= 0.3 is 11.5 Å². The summed E-state index contributed by atoms with van der Waals surface area (Å²) in [5.74, 6) is -0.212. The first-order valence-corrected chi connectivity index (χ1v) is 6.99. The average Bonchev–Trinajstić information content (AvgIpc) is 2.41. The van der Waals surface area contributed by atoms with E-state index in [0.717, 1.165) is 0 Å². The third-order valence-corrected chi connectivity index (χ3v) is 4.83. The molecule has 0 aliphatic carbocycles. The fourth-order valence-electron chi connectivity index (χ4n) is 1.16. The van der Waals surface area contributed by atoms with Crippen molar-refractivity contribution in [2.24, 2.45) is 0 Å². The van der Waals surface area contributed by atoms with E-state index in [0.29, 0.717) is 11.8 Å². The lowest BCUT2D eigenvalue weighted by Gasteiger charge is -2.09. The van der Waals surface area contributed by atoms with Crippen molar-refractivity contribution >= 4 is 26.9 Å². The Hall–Kier alpha value is -0.440. The Kier molecular flexibility index (Phi) is 4.11. The first-order chi connectivity index (χ1) is 7.18. The van der Waals surface area contributed by atoms with Crippen LogP contribution in [0.4, 0.5) is 18.0 Å². The molecule has 0 saturated carbocycles. The number of sulfone groups is 1. The second-order valence-electron chi connectivity index (χ2n) is 3.30. The van der Waals surface area contributed by atoms with Crippen LogP contribution in [0.3, 0.4) is 0 Å². The minimum Gasteiger partial charge on any atom is -0.448 e. The molecule has 1 aliphatic rings. The lowest BCUT2D eigenvalue weighted by atomic mass is 10.4. The molecule has 1 aliphatic heterocycles. The van der Waals surface area contributed by atoms with Crippen molar-refractivity contribution in [1.29, 1.82) is 0 Å². The number of hydrogen-bond donors (Lipinski definition) is 0. The number of alkyl halides is 3. The van der Waals surface area contributed by atoms with Gasteiger partial charge in [0, 0.05) is 5.25 Å². The van der Waals surface area contributed by atoms with Gasteiger partial charge in [-0.2, -0.15) is 13.2 Å². The fraction of sp³-hybridized carbons (Fsp3) is 0.857. The highest BCUT2D eigenvalue weighted by molar-refractivity contribution is 8.14. The van der Waals surface area contributed by atoms with Gasteiger partial charge in [-0.25, -0.2) is 13.2 Å². The zero-order valence-electron chi connectivity index (χ0n) is 7.99. The Balaban J connectivity index is 2.31. The number of rotatable bonds is 2. The molecule has 0 radical (unpaired) electrons. The van der Waals surface area contributed by atoms with E-state index in [1.165, 1.54) is 0 Å². The molecule has 9 heteroatoms. The summed E-state index contributed by atoms with van der Waals surface area (Å²) in [6.45, 7) is -1.64. The molecule has 0 aromatic rings. The van der Waals surface area contributed by atoms with Gasteiger partial charge in [0.25, 0.3) is 0 Å². The highest BCUT2D eigenvalue weighted by atomic mass is 32.2. The van der Waals surface area contributed by atoms with Crippen LogP contribution in [0, 0.1) is 0 Å². The zero-order valence-corrected chi connectivity index (χ0v) is 9.62. The van der Waals surface area contributed by atoms with Crippen molar-refractivity contribution in [2.75, 3.05) is 18.1 Å². The average molecular weight is 278 g/mol. The Labute approximate surface area is 94.4 Å². The number of hydrogen-bond acceptors (Lipinski definition) is 5. The summed E-state index contributed by atoms with van der Waals surface area (Å²) in [6, 6.07) is 0. The van der Waals surface area contributed by atoms with Crippen LogP contribution in [0.1, 0.15) is 6.42 Å². The standard InChI is InChI=1S/C7H9F3O4S2/c8-7(9,10)4-14-6(11)15-5-1-2-16(12,13)3-5/h5H,1-4H2. The predicted octanol–water partition coefficient (Wildman–Crippen LogP) is 1.61. The van der Waals surface area contributed by atoms with E-state index in [4.69, 9.17) is 0 Å².